The highest BCUT2D eigenvalue weighted by atomic mass is 16.7. The van der Waals surface area contributed by atoms with Crippen LogP contribution in [0.1, 0.15) is 13.3 Å². The molecule has 0 amide bonds. The van der Waals surface area contributed by atoms with Gasteiger partial charge >= 0.3 is 0 Å². The van der Waals surface area contributed by atoms with E-state index in [-0.39, 0.29) is 6.61 Å². The number of hydrogen-bond donors (Lipinski definition) is 3. The number of carbonyl (C=O) groups is 1. The lowest BCUT2D eigenvalue weighted by Gasteiger charge is -2.39. The maximum atomic E-state index is 10.1. The van der Waals surface area contributed by atoms with Crippen LogP contribution >= 0.6 is 0 Å². The van der Waals surface area contributed by atoms with Gasteiger partial charge in [0.25, 0.3) is 0 Å². The van der Waals surface area contributed by atoms with Crippen molar-refractivity contribution in [3.05, 3.63) is 0 Å². The standard InChI is InChI=1S/C9H16O6/c1-2-5-6(11)7(12)8(13)9(15-5)14-4-3-10/h3,5-9,11-13H,2,4H2,1H3/t5?,6-,7-,8?,9+/m0/s1. The zero-order valence-corrected chi connectivity index (χ0v) is 8.44. The molecule has 1 aliphatic heterocycles. The molecular formula is C9H16O6. The largest absolute Gasteiger partial charge is 0.388 e. The number of aliphatic hydroxyl groups is 3. The SMILES string of the molecule is CCC1O[C@@H](OCC=O)C(O)[C@@H](O)[C@H]1O. The summed E-state index contributed by atoms with van der Waals surface area (Å²) in [4.78, 5) is 10.1. The van der Waals surface area contributed by atoms with Gasteiger partial charge in [-0.15, -0.1) is 0 Å². The Bertz CT molecular complexity index is 207. The van der Waals surface area contributed by atoms with Crippen LogP contribution in [0.15, 0.2) is 0 Å². The lowest BCUT2D eigenvalue weighted by molar-refractivity contribution is -0.294. The van der Waals surface area contributed by atoms with Crippen molar-refractivity contribution in [2.24, 2.45) is 0 Å². The van der Waals surface area contributed by atoms with Crippen LogP contribution in [0.2, 0.25) is 0 Å². The monoisotopic (exact) mass is 220 g/mol. The van der Waals surface area contributed by atoms with Crippen LogP contribution in [0.5, 0.6) is 0 Å². The van der Waals surface area contributed by atoms with Gasteiger partial charge in [0.05, 0.1) is 6.10 Å². The number of hydrogen-bond acceptors (Lipinski definition) is 6. The fraction of sp³-hybridized carbons (Fsp3) is 0.889. The molecule has 0 aliphatic carbocycles. The van der Waals surface area contributed by atoms with Gasteiger partial charge in [0, 0.05) is 0 Å². The van der Waals surface area contributed by atoms with E-state index in [0.29, 0.717) is 12.7 Å². The van der Waals surface area contributed by atoms with Crippen LogP contribution in [-0.2, 0) is 14.3 Å². The Morgan fingerprint density at radius 3 is 2.47 bits per heavy atom. The molecule has 1 aliphatic rings. The summed E-state index contributed by atoms with van der Waals surface area (Å²) in [6.07, 6.45) is -4.47. The first-order valence-corrected chi connectivity index (χ1v) is 4.86. The maximum absolute atomic E-state index is 10.1. The molecule has 2 unspecified atom stereocenters. The minimum absolute atomic E-state index is 0.221. The Morgan fingerprint density at radius 2 is 1.93 bits per heavy atom. The summed E-state index contributed by atoms with van der Waals surface area (Å²) in [6.45, 7) is 1.55. The van der Waals surface area contributed by atoms with E-state index in [4.69, 9.17) is 9.47 Å². The Balaban J connectivity index is 2.60. The molecule has 6 heteroatoms. The lowest BCUT2D eigenvalue weighted by Crippen LogP contribution is -2.58. The van der Waals surface area contributed by atoms with Gasteiger partial charge in [-0.2, -0.15) is 0 Å². The van der Waals surface area contributed by atoms with Gasteiger partial charge in [0.15, 0.2) is 6.29 Å². The molecule has 0 bridgehead atoms. The third kappa shape index (κ3) is 2.73. The van der Waals surface area contributed by atoms with E-state index in [1.54, 1.807) is 6.92 Å². The number of rotatable bonds is 4. The van der Waals surface area contributed by atoms with Crippen LogP contribution in [-0.4, -0.2) is 58.9 Å². The summed E-state index contributed by atoms with van der Waals surface area (Å²) in [7, 11) is 0. The molecule has 0 saturated carbocycles. The Kier molecular flexibility index (Phi) is 4.62. The fourth-order valence-corrected chi connectivity index (χ4v) is 1.53. The molecule has 1 fully saturated rings. The average Bonchev–Trinajstić information content (AvgIpc) is 2.25. The highest BCUT2D eigenvalue weighted by molar-refractivity contribution is 5.50. The first kappa shape index (κ1) is 12.5. The van der Waals surface area contributed by atoms with Crippen molar-refractivity contribution >= 4 is 6.29 Å². The number of aliphatic hydroxyl groups excluding tert-OH is 3. The molecule has 1 saturated heterocycles. The average molecular weight is 220 g/mol. The summed E-state index contributed by atoms with van der Waals surface area (Å²) < 4.78 is 10.1. The van der Waals surface area contributed by atoms with Crippen molar-refractivity contribution in [3.63, 3.8) is 0 Å². The zero-order chi connectivity index (χ0) is 11.4. The van der Waals surface area contributed by atoms with E-state index >= 15 is 0 Å². The van der Waals surface area contributed by atoms with Gasteiger partial charge in [-0.3, -0.25) is 0 Å². The summed E-state index contributed by atoms with van der Waals surface area (Å²) in [6, 6.07) is 0. The van der Waals surface area contributed by atoms with E-state index < -0.39 is 30.7 Å². The molecular weight excluding hydrogens is 204 g/mol. The Hall–Kier alpha value is -0.530. The smallest absolute Gasteiger partial charge is 0.187 e. The zero-order valence-electron chi connectivity index (χ0n) is 8.44. The third-order valence-corrected chi connectivity index (χ3v) is 2.40. The van der Waals surface area contributed by atoms with Crippen LogP contribution in [0.25, 0.3) is 0 Å². The first-order chi connectivity index (χ1) is 7.11. The van der Waals surface area contributed by atoms with Crippen molar-refractivity contribution < 1.29 is 29.6 Å². The Labute approximate surface area is 87.4 Å². The minimum atomic E-state index is -1.34. The third-order valence-electron chi connectivity index (χ3n) is 2.40. The van der Waals surface area contributed by atoms with Gasteiger partial charge < -0.3 is 29.6 Å². The summed E-state index contributed by atoms with van der Waals surface area (Å²) in [5.74, 6) is 0. The van der Waals surface area contributed by atoms with E-state index in [2.05, 4.69) is 0 Å². The highest BCUT2D eigenvalue weighted by Gasteiger charge is 2.43. The summed E-state index contributed by atoms with van der Waals surface area (Å²) in [5, 5.41) is 28.4. The van der Waals surface area contributed by atoms with E-state index in [0.717, 1.165) is 0 Å². The molecule has 0 aromatic rings. The molecule has 88 valence electrons. The molecule has 6 nitrogen and oxygen atoms in total. The van der Waals surface area contributed by atoms with E-state index in [1.165, 1.54) is 0 Å². The van der Waals surface area contributed by atoms with Crippen LogP contribution in [0, 0.1) is 0 Å². The molecule has 1 rings (SSSR count). The number of carbonyl (C=O) groups excluding carboxylic acids is 1. The molecule has 5 atom stereocenters. The minimum Gasteiger partial charge on any atom is -0.388 e. The van der Waals surface area contributed by atoms with Gasteiger partial charge in [-0.25, -0.2) is 0 Å². The molecule has 0 radical (unpaired) electrons. The lowest BCUT2D eigenvalue weighted by atomic mass is 9.97. The van der Waals surface area contributed by atoms with Crippen molar-refractivity contribution in [3.8, 4) is 0 Å². The molecule has 3 N–H and O–H groups in total. The molecule has 0 aromatic heterocycles. The van der Waals surface area contributed by atoms with E-state index in [9.17, 15) is 20.1 Å². The van der Waals surface area contributed by atoms with Gasteiger partial charge in [0.1, 0.15) is 31.2 Å². The van der Waals surface area contributed by atoms with Gasteiger partial charge in [-0.1, -0.05) is 6.92 Å². The van der Waals surface area contributed by atoms with Crippen molar-refractivity contribution in [1.82, 2.24) is 0 Å². The maximum Gasteiger partial charge on any atom is 0.187 e. The normalized spacial score (nSPS) is 41.5. The predicted octanol–water partition coefficient (Wildman–Crippen LogP) is -1.58. The molecule has 15 heavy (non-hydrogen) atoms. The summed E-state index contributed by atoms with van der Waals surface area (Å²) in [5.41, 5.74) is 0. The second kappa shape index (κ2) is 5.53. The predicted molar refractivity (Wildman–Crippen MR) is 49.0 cm³/mol. The van der Waals surface area contributed by atoms with Crippen molar-refractivity contribution in [1.29, 1.82) is 0 Å². The second-order valence-electron chi connectivity index (χ2n) is 3.42. The van der Waals surface area contributed by atoms with E-state index in [1.807, 2.05) is 0 Å². The summed E-state index contributed by atoms with van der Waals surface area (Å²) >= 11 is 0. The van der Waals surface area contributed by atoms with Crippen LogP contribution < -0.4 is 0 Å². The van der Waals surface area contributed by atoms with Gasteiger partial charge in [0.2, 0.25) is 0 Å². The quantitative estimate of drug-likeness (QED) is 0.495. The Morgan fingerprint density at radius 1 is 1.27 bits per heavy atom. The van der Waals surface area contributed by atoms with Crippen molar-refractivity contribution in [2.45, 2.75) is 44.1 Å². The highest BCUT2D eigenvalue weighted by Crippen LogP contribution is 2.23. The van der Waals surface area contributed by atoms with Gasteiger partial charge in [-0.05, 0) is 6.42 Å². The topological polar surface area (TPSA) is 96.2 Å². The van der Waals surface area contributed by atoms with Crippen LogP contribution in [0.3, 0.4) is 0 Å². The number of ether oxygens (including phenoxy) is 2. The second-order valence-corrected chi connectivity index (χ2v) is 3.42. The first-order valence-electron chi connectivity index (χ1n) is 4.86. The molecule has 1 heterocycles. The molecule has 0 spiro atoms. The van der Waals surface area contributed by atoms with Crippen LogP contribution in [0.4, 0.5) is 0 Å². The number of aldehydes is 1. The fourth-order valence-electron chi connectivity index (χ4n) is 1.53. The molecule has 0 aromatic carbocycles. The van der Waals surface area contributed by atoms with Crippen molar-refractivity contribution in [2.75, 3.05) is 6.61 Å².